The molecule has 192 valence electrons. The van der Waals surface area contributed by atoms with E-state index in [0.29, 0.717) is 49.3 Å². The molecule has 1 aromatic heterocycles. The van der Waals surface area contributed by atoms with Crippen molar-refractivity contribution in [2.24, 2.45) is 11.8 Å². The Labute approximate surface area is 209 Å². The third-order valence-electron chi connectivity index (χ3n) is 6.85. The first-order chi connectivity index (χ1) is 17.5. The van der Waals surface area contributed by atoms with E-state index in [0.717, 1.165) is 43.0 Å². The van der Waals surface area contributed by atoms with Gasteiger partial charge in [-0.05, 0) is 43.6 Å². The van der Waals surface area contributed by atoms with Gasteiger partial charge in [0.1, 0.15) is 12.3 Å². The minimum Gasteiger partial charge on any atom is -0.480 e. The molecule has 0 radical (unpaired) electrons. The number of carboxylic acids is 1. The molecule has 1 aliphatic rings. The zero-order valence-electron chi connectivity index (χ0n) is 20.5. The molecule has 0 spiro atoms. The van der Waals surface area contributed by atoms with Crippen molar-refractivity contribution in [2.75, 3.05) is 26.9 Å². The number of carboxylic acid groups (broad SMARTS) is 1. The van der Waals surface area contributed by atoms with Crippen LogP contribution in [0.15, 0.2) is 48.5 Å². The molecule has 6 nitrogen and oxygen atoms in total. The number of halogens is 2. The van der Waals surface area contributed by atoms with Crippen LogP contribution >= 0.6 is 0 Å². The fourth-order valence-electron chi connectivity index (χ4n) is 5.02. The fourth-order valence-corrected chi connectivity index (χ4v) is 5.02. The van der Waals surface area contributed by atoms with Crippen LogP contribution < -0.4 is 0 Å². The fraction of sp³-hybridized carbons (Fsp3) is 0.429. The Morgan fingerprint density at radius 2 is 1.78 bits per heavy atom. The van der Waals surface area contributed by atoms with Crippen molar-refractivity contribution in [3.8, 4) is 22.4 Å². The Kier molecular flexibility index (Phi) is 8.83. The number of rotatable bonds is 11. The molecular weight excluding hydrogens is 466 g/mol. The van der Waals surface area contributed by atoms with Crippen LogP contribution in [0.4, 0.5) is 8.78 Å². The van der Waals surface area contributed by atoms with Crippen LogP contribution in [0.1, 0.15) is 31.4 Å². The van der Waals surface area contributed by atoms with E-state index in [2.05, 4.69) is 0 Å². The number of aliphatic carboxylic acids is 1. The predicted octanol–water partition coefficient (Wildman–Crippen LogP) is 5.59. The second-order valence-electron chi connectivity index (χ2n) is 9.36. The van der Waals surface area contributed by atoms with Gasteiger partial charge in [0.15, 0.2) is 11.6 Å². The molecular formula is C28H32F2N2O4. The standard InChI is InChI=1S/C28H32F2N2O4/c1-35-15-14-24-26(22-8-5-9-23(29)27(22)30)28(21-6-3-2-4-7-21)31-32(24)16-19-10-12-20(13-11-19)17-36-18-25(33)34/h2-9,19-20H,10-18H2,1H3,(H,33,34)/t19-,20+. The van der Waals surface area contributed by atoms with Crippen molar-refractivity contribution in [3.05, 3.63) is 65.9 Å². The summed E-state index contributed by atoms with van der Waals surface area (Å²) in [4.78, 5) is 10.7. The Hall–Kier alpha value is -3.10. The van der Waals surface area contributed by atoms with Gasteiger partial charge in [0.05, 0.1) is 13.2 Å². The van der Waals surface area contributed by atoms with Gasteiger partial charge < -0.3 is 14.6 Å². The Bertz CT molecular complexity index is 1160. The van der Waals surface area contributed by atoms with Gasteiger partial charge in [-0.3, -0.25) is 4.68 Å². The minimum absolute atomic E-state index is 0.200. The van der Waals surface area contributed by atoms with Crippen LogP contribution in [0.3, 0.4) is 0 Å². The molecule has 8 heteroatoms. The largest absolute Gasteiger partial charge is 0.480 e. The first-order valence-electron chi connectivity index (χ1n) is 12.4. The summed E-state index contributed by atoms with van der Waals surface area (Å²) < 4.78 is 41.9. The van der Waals surface area contributed by atoms with Crippen LogP contribution in [-0.2, 0) is 27.2 Å². The van der Waals surface area contributed by atoms with E-state index in [1.54, 1.807) is 13.2 Å². The monoisotopic (exact) mass is 498 g/mol. The highest BCUT2D eigenvalue weighted by atomic mass is 19.2. The molecule has 2 aromatic carbocycles. The highest BCUT2D eigenvalue weighted by Gasteiger charge is 2.27. The smallest absolute Gasteiger partial charge is 0.329 e. The molecule has 1 fully saturated rings. The van der Waals surface area contributed by atoms with E-state index in [1.165, 1.54) is 6.07 Å². The summed E-state index contributed by atoms with van der Waals surface area (Å²) in [6.07, 6.45) is 4.36. The summed E-state index contributed by atoms with van der Waals surface area (Å²) in [7, 11) is 1.62. The van der Waals surface area contributed by atoms with Gasteiger partial charge in [0, 0.05) is 42.5 Å². The lowest BCUT2D eigenvalue weighted by Gasteiger charge is -2.28. The van der Waals surface area contributed by atoms with Crippen molar-refractivity contribution < 1.29 is 28.2 Å². The third kappa shape index (κ3) is 6.17. The quantitative estimate of drug-likeness (QED) is 0.373. The van der Waals surface area contributed by atoms with Crippen molar-refractivity contribution in [1.82, 2.24) is 9.78 Å². The van der Waals surface area contributed by atoms with E-state index >= 15 is 4.39 Å². The molecule has 0 saturated heterocycles. The number of methoxy groups -OCH3 is 1. The number of hydrogen-bond acceptors (Lipinski definition) is 4. The minimum atomic E-state index is -0.953. The Morgan fingerprint density at radius 3 is 2.47 bits per heavy atom. The summed E-state index contributed by atoms with van der Waals surface area (Å²) in [5.41, 5.74) is 3.10. The maximum atomic E-state index is 15.1. The number of carbonyl (C=O) groups is 1. The van der Waals surface area contributed by atoms with Crippen LogP contribution in [0.25, 0.3) is 22.4 Å². The molecule has 1 saturated carbocycles. The molecule has 0 unspecified atom stereocenters. The second kappa shape index (κ2) is 12.2. The number of benzene rings is 2. The highest BCUT2D eigenvalue weighted by molar-refractivity contribution is 5.83. The van der Waals surface area contributed by atoms with Crippen molar-refractivity contribution in [2.45, 2.75) is 38.6 Å². The topological polar surface area (TPSA) is 73.6 Å². The average Bonchev–Trinajstić information content (AvgIpc) is 3.23. The van der Waals surface area contributed by atoms with Crippen LogP contribution in [0, 0.1) is 23.5 Å². The van der Waals surface area contributed by atoms with Gasteiger partial charge >= 0.3 is 5.97 Å². The molecule has 0 amide bonds. The van der Waals surface area contributed by atoms with E-state index in [4.69, 9.17) is 19.7 Å². The number of nitrogens with zero attached hydrogens (tertiary/aromatic N) is 2. The first kappa shape index (κ1) is 26.0. The van der Waals surface area contributed by atoms with Gasteiger partial charge in [-0.1, -0.05) is 42.5 Å². The maximum Gasteiger partial charge on any atom is 0.329 e. The molecule has 1 heterocycles. The maximum absolute atomic E-state index is 15.1. The van der Waals surface area contributed by atoms with Crippen molar-refractivity contribution in [1.29, 1.82) is 0 Å². The summed E-state index contributed by atoms with van der Waals surface area (Å²) in [6, 6.07) is 13.8. The zero-order valence-corrected chi connectivity index (χ0v) is 20.5. The first-order valence-corrected chi connectivity index (χ1v) is 12.4. The van der Waals surface area contributed by atoms with Gasteiger partial charge in [0.25, 0.3) is 0 Å². The number of aromatic nitrogens is 2. The summed E-state index contributed by atoms with van der Waals surface area (Å²) >= 11 is 0. The van der Waals surface area contributed by atoms with Gasteiger partial charge in [-0.25, -0.2) is 13.6 Å². The van der Waals surface area contributed by atoms with Gasteiger partial charge in [0.2, 0.25) is 0 Å². The Morgan fingerprint density at radius 1 is 1.06 bits per heavy atom. The van der Waals surface area contributed by atoms with E-state index in [-0.39, 0.29) is 12.2 Å². The second-order valence-corrected chi connectivity index (χ2v) is 9.36. The Balaban J connectivity index is 1.64. The van der Waals surface area contributed by atoms with E-state index < -0.39 is 17.6 Å². The van der Waals surface area contributed by atoms with Crippen molar-refractivity contribution in [3.63, 3.8) is 0 Å². The van der Waals surface area contributed by atoms with Gasteiger partial charge in [-0.15, -0.1) is 0 Å². The SMILES string of the molecule is COCCc1c(-c2cccc(F)c2F)c(-c2ccccc2)nn1C[C@H]1CC[C@@H](COCC(=O)O)CC1. The van der Waals surface area contributed by atoms with E-state index in [1.807, 2.05) is 35.0 Å². The lowest BCUT2D eigenvalue weighted by atomic mass is 9.82. The summed E-state index contributed by atoms with van der Waals surface area (Å²) in [5.74, 6) is -2.00. The van der Waals surface area contributed by atoms with Gasteiger partial charge in [-0.2, -0.15) is 5.10 Å². The third-order valence-corrected chi connectivity index (χ3v) is 6.85. The zero-order chi connectivity index (χ0) is 25.5. The molecule has 3 aromatic rings. The number of hydrogen-bond donors (Lipinski definition) is 1. The molecule has 36 heavy (non-hydrogen) atoms. The lowest BCUT2D eigenvalue weighted by Crippen LogP contribution is -2.24. The molecule has 0 aliphatic heterocycles. The molecule has 1 N–H and O–H groups in total. The van der Waals surface area contributed by atoms with Crippen LogP contribution in [-0.4, -0.2) is 47.8 Å². The molecule has 0 bridgehead atoms. The molecule has 0 atom stereocenters. The van der Waals surface area contributed by atoms with Crippen molar-refractivity contribution >= 4 is 5.97 Å². The lowest BCUT2D eigenvalue weighted by molar-refractivity contribution is -0.142. The predicted molar refractivity (Wildman–Crippen MR) is 132 cm³/mol. The highest BCUT2D eigenvalue weighted by Crippen LogP contribution is 2.38. The normalized spacial score (nSPS) is 17.9. The van der Waals surface area contributed by atoms with Crippen LogP contribution in [0.5, 0.6) is 0 Å². The summed E-state index contributed by atoms with van der Waals surface area (Å²) in [5, 5.41) is 13.7. The van der Waals surface area contributed by atoms with Crippen LogP contribution in [0.2, 0.25) is 0 Å². The summed E-state index contributed by atoms with van der Waals surface area (Å²) in [6.45, 7) is 1.29. The molecule has 4 rings (SSSR count). The van der Waals surface area contributed by atoms with E-state index in [9.17, 15) is 9.18 Å². The molecule has 1 aliphatic carbocycles. The number of ether oxygens (including phenoxy) is 2. The average molecular weight is 499 g/mol.